The van der Waals surface area contributed by atoms with Gasteiger partial charge in [0.05, 0.1) is 0 Å². The highest BCUT2D eigenvalue weighted by atomic mass is 16.2. The van der Waals surface area contributed by atoms with E-state index in [1.807, 2.05) is 21.3 Å². The summed E-state index contributed by atoms with van der Waals surface area (Å²) in [6, 6.07) is -1.85. The van der Waals surface area contributed by atoms with Crippen LogP contribution in [0.3, 0.4) is 0 Å². The number of carbonyl (C=O) groups excluding carboxylic acids is 6. The summed E-state index contributed by atoms with van der Waals surface area (Å²) in [5.41, 5.74) is -0.362. The Morgan fingerprint density at radius 2 is 1.19 bits per heavy atom. The van der Waals surface area contributed by atoms with Gasteiger partial charge in [0.1, 0.15) is 11.5 Å². The van der Waals surface area contributed by atoms with Gasteiger partial charge < -0.3 is 0 Å². The van der Waals surface area contributed by atoms with Gasteiger partial charge in [-0.05, 0) is 6.08 Å². The van der Waals surface area contributed by atoms with E-state index in [4.69, 9.17) is 0 Å². The van der Waals surface area contributed by atoms with Crippen molar-refractivity contribution in [2.45, 2.75) is 0 Å². The second-order valence-electron chi connectivity index (χ2n) is 3.99. The molecule has 0 atom stereocenters. The fourth-order valence-corrected chi connectivity index (χ4v) is 1.59. The van der Waals surface area contributed by atoms with Crippen molar-refractivity contribution in [3.8, 4) is 0 Å². The Hall–Kier alpha value is -3.30. The monoisotopic (exact) mass is 292 g/mol. The third-order valence-electron chi connectivity index (χ3n) is 2.55. The maximum Gasteiger partial charge on any atom is 0.328 e. The van der Waals surface area contributed by atoms with Gasteiger partial charge >= 0.3 is 12.1 Å². The first-order valence-corrected chi connectivity index (χ1v) is 5.59. The number of rotatable bonds is 2. The minimum absolute atomic E-state index is 0.362. The molecule has 10 heteroatoms. The van der Waals surface area contributed by atoms with Crippen molar-refractivity contribution in [2.75, 3.05) is 0 Å². The summed E-state index contributed by atoms with van der Waals surface area (Å²) in [7, 11) is 0. The van der Waals surface area contributed by atoms with Crippen molar-refractivity contribution < 1.29 is 28.8 Å². The minimum Gasteiger partial charge on any atom is -0.277 e. The molecule has 2 saturated heterocycles. The molecule has 108 valence electrons. The first kappa shape index (κ1) is 14.1. The number of allylic oxidation sites excluding steroid dienone is 2. The fourth-order valence-electron chi connectivity index (χ4n) is 1.59. The average Bonchev–Trinajstić information content (AvgIpc) is 2.34. The standard InChI is InChI=1S/C11H8N4O6/c16-6-4(7(17)13-10(20)12-6)2-1-3-5-8(18)14-11(21)15-9(5)19/h1-4H,(H2,12,13,16,17,20)(H2,14,15,18,19,21)/b2-1+. The van der Waals surface area contributed by atoms with Crippen LogP contribution < -0.4 is 21.3 Å². The second kappa shape index (κ2) is 5.36. The van der Waals surface area contributed by atoms with Gasteiger partial charge in [0.25, 0.3) is 11.8 Å². The third kappa shape index (κ3) is 3.00. The molecule has 0 aromatic carbocycles. The number of carbonyl (C=O) groups is 6. The lowest BCUT2D eigenvalue weighted by Gasteiger charge is -2.17. The molecule has 0 unspecified atom stereocenters. The van der Waals surface area contributed by atoms with Crippen LogP contribution in [0.4, 0.5) is 9.59 Å². The van der Waals surface area contributed by atoms with E-state index in [0.717, 1.165) is 18.2 Å². The fraction of sp³-hybridized carbons (Fsp3) is 0.0909. The summed E-state index contributed by atoms with van der Waals surface area (Å²) in [5.74, 6) is -4.73. The Kier molecular flexibility index (Phi) is 3.61. The molecule has 0 spiro atoms. The first-order chi connectivity index (χ1) is 9.88. The molecule has 0 aliphatic carbocycles. The predicted molar refractivity (Wildman–Crippen MR) is 64.1 cm³/mol. The van der Waals surface area contributed by atoms with Gasteiger partial charge in [0.2, 0.25) is 11.8 Å². The van der Waals surface area contributed by atoms with Gasteiger partial charge in [0, 0.05) is 0 Å². The van der Waals surface area contributed by atoms with Crippen LogP contribution >= 0.6 is 0 Å². The molecule has 4 N–H and O–H groups in total. The molecule has 0 radical (unpaired) electrons. The van der Waals surface area contributed by atoms with Crippen LogP contribution in [0.25, 0.3) is 0 Å². The summed E-state index contributed by atoms with van der Waals surface area (Å²) in [4.78, 5) is 67.2. The zero-order chi connectivity index (χ0) is 15.6. The van der Waals surface area contributed by atoms with Crippen LogP contribution in [0.15, 0.2) is 23.8 Å². The smallest absolute Gasteiger partial charge is 0.277 e. The van der Waals surface area contributed by atoms with Gasteiger partial charge in [-0.15, -0.1) is 0 Å². The van der Waals surface area contributed by atoms with Crippen LogP contribution in [0.2, 0.25) is 0 Å². The van der Waals surface area contributed by atoms with Crippen molar-refractivity contribution >= 4 is 35.7 Å². The van der Waals surface area contributed by atoms with E-state index >= 15 is 0 Å². The van der Waals surface area contributed by atoms with Crippen LogP contribution in [0, 0.1) is 5.92 Å². The maximum absolute atomic E-state index is 11.4. The molecule has 21 heavy (non-hydrogen) atoms. The molecular formula is C11H8N4O6. The molecule has 8 amide bonds. The van der Waals surface area contributed by atoms with Crippen molar-refractivity contribution in [2.24, 2.45) is 5.92 Å². The Morgan fingerprint density at radius 1 is 0.714 bits per heavy atom. The summed E-state index contributed by atoms with van der Waals surface area (Å²) >= 11 is 0. The van der Waals surface area contributed by atoms with E-state index in [2.05, 4.69) is 0 Å². The maximum atomic E-state index is 11.4. The average molecular weight is 292 g/mol. The van der Waals surface area contributed by atoms with Gasteiger partial charge in [-0.25, -0.2) is 9.59 Å². The number of hydrogen-bond donors (Lipinski definition) is 4. The lowest BCUT2D eigenvalue weighted by Crippen LogP contribution is -2.55. The van der Waals surface area contributed by atoms with Crippen LogP contribution in [-0.2, 0) is 19.2 Å². The molecule has 0 aromatic heterocycles. The number of imide groups is 4. The molecule has 0 aromatic rings. The molecular weight excluding hydrogens is 284 g/mol. The van der Waals surface area contributed by atoms with E-state index in [9.17, 15) is 28.8 Å². The van der Waals surface area contributed by atoms with Crippen LogP contribution in [0.1, 0.15) is 0 Å². The quantitative estimate of drug-likeness (QED) is 0.258. The number of hydrogen-bond acceptors (Lipinski definition) is 6. The Balaban J connectivity index is 2.12. The van der Waals surface area contributed by atoms with Crippen LogP contribution in [-0.4, -0.2) is 35.7 Å². The van der Waals surface area contributed by atoms with E-state index in [1.54, 1.807) is 0 Å². The van der Waals surface area contributed by atoms with Gasteiger partial charge in [-0.3, -0.25) is 40.4 Å². The molecule has 10 nitrogen and oxygen atoms in total. The molecule has 0 saturated carbocycles. The lowest BCUT2D eigenvalue weighted by atomic mass is 10.0. The normalized spacial score (nSPS) is 20.1. The van der Waals surface area contributed by atoms with Crippen molar-refractivity contribution in [3.05, 3.63) is 23.8 Å². The van der Waals surface area contributed by atoms with Gasteiger partial charge in [0.15, 0.2) is 0 Å². The summed E-state index contributed by atoms with van der Waals surface area (Å²) in [6.07, 6.45) is 3.26. The van der Waals surface area contributed by atoms with Gasteiger partial charge in [-0.2, -0.15) is 0 Å². The number of urea groups is 2. The third-order valence-corrected chi connectivity index (χ3v) is 2.55. The minimum atomic E-state index is -1.27. The highest BCUT2D eigenvalue weighted by Gasteiger charge is 2.32. The SMILES string of the molecule is O=C1NC(=O)C(=C/C=C/C2C(=O)NC(=O)NC2=O)C(=O)N1. The first-order valence-electron chi connectivity index (χ1n) is 5.59. The Labute approximate surface area is 116 Å². The number of amides is 8. The largest absolute Gasteiger partial charge is 0.328 e. The topological polar surface area (TPSA) is 151 Å². The molecule has 2 rings (SSSR count). The van der Waals surface area contributed by atoms with Gasteiger partial charge in [-0.1, -0.05) is 12.2 Å². The zero-order valence-electron chi connectivity index (χ0n) is 10.3. The molecule has 0 bridgehead atoms. The Morgan fingerprint density at radius 3 is 1.71 bits per heavy atom. The van der Waals surface area contributed by atoms with Crippen molar-refractivity contribution in [1.82, 2.24) is 21.3 Å². The second-order valence-corrected chi connectivity index (χ2v) is 3.99. The van der Waals surface area contributed by atoms with E-state index in [0.29, 0.717) is 0 Å². The molecule has 2 fully saturated rings. The lowest BCUT2D eigenvalue weighted by molar-refractivity contribution is -0.133. The van der Waals surface area contributed by atoms with E-state index in [1.165, 1.54) is 0 Å². The predicted octanol–water partition coefficient (Wildman–Crippen LogP) is -2.18. The zero-order valence-corrected chi connectivity index (χ0v) is 10.3. The molecule has 2 aliphatic rings. The molecule has 2 aliphatic heterocycles. The molecule has 2 heterocycles. The van der Waals surface area contributed by atoms with Crippen molar-refractivity contribution in [1.29, 1.82) is 0 Å². The Bertz CT molecular complexity index is 605. The highest BCUT2D eigenvalue weighted by molar-refractivity contribution is 6.29. The van der Waals surface area contributed by atoms with Crippen LogP contribution in [0.5, 0.6) is 0 Å². The summed E-state index contributed by atoms with van der Waals surface area (Å²) in [6.45, 7) is 0. The van der Waals surface area contributed by atoms with Crippen molar-refractivity contribution in [3.63, 3.8) is 0 Å². The summed E-state index contributed by atoms with van der Waals surface area (Å²) < 4.78 is 0. The number of nitrogens with one attached hydrogen (secondary N) is 4. The van der Waals surface area contributed by atoms with E-state index in [-0.39, 0.29) is 5.57 Å². The summed E-state index contributed by atoms with van der Waals surface area (Å²) in [5, 5.41) is 7.49. The number of barbiturate groups is 2. The van der Waals surface area contributed by atoms with E-state index < -0.39 is 41.6 Å². The highest BCUT2D eigenvalue weighted by Crippen LogP contribution is 2.06.